The van der Waals surface area contributed by atoms with Crippen LogP contribution in [0, 0.1) is 0 Å². The molecule has 1 heterocycles. The van der Waals surface area contributed by atoms with Gasteiger partial charge in [-0.05, 0) is 35.4 Å². The second-order valence-corrected chi connectivity index (χ2v) is 8.16. The average molecular weight is 456 g/mol. The van der Waals surface area contributed by atoms with Crippen molar-refractivity contribution < 1.29 is 19.2 Å². The highest BCUT2D eigenvalue weighted by atomic mass is 16.2. The molecule has 4 rings (SSSR count). The number of rotatable bonds is 8. The minimum Gasteiger partial charge on any atom is -0.326 e. The van der Waals surface area contributed by atoms with E-state index in [0.717, 1.165) is 10.5 Å². The Balaban J connectivity index is 1.57. The maximum atomic E-state index is 13.7. The molecular formula is C27H25N3O4. The number of ketones is 1. The van der Waals surface area contributed by atoms with Crippen LogP contribution in [-0.2, 0) is 21.5 Å². The van der Waals surface area contributed by atoms with Gasteiger partial charge in [-0.25, -0.2) is 4.79 Å². The number of carbonyl (C=O) groups excluding carboxylic acids is 4. The van der Waals surface area contributed by atoms with Gasteiger partial charge in [-0.2, -0.15) is 0 Å². The first-order valence-electron chi connectivity index (χ1n) is 11.1. The second kappa shape index (κ2) is 9.70. The van der Waals surface area contributed by atoms with E-state index in [9.17, 15) is 19.2 Å². The average Bonchev–Trinajstić information content (AvgIpc) is 3.10. The van der Waals surface area contributed by atoms with Crippen LogP contribution in [0.2, 0.25) is 0 Å². The number of nitrogens with zero attached hydrogens (tertiary/aromatic N) is 1. The number of benzene rings is 3. The molecule has 0 spiro atoms. The molecule has 1 atom stereocenters. The molecule has 0 unspecified atom stereocenters. The van der Waals surface area contributed by atoms with E-state index in [0.29, 0.717) is 23.2 Å². The molecular weight excluding hydrogens is 430 g/mol. The quantitative estimate of drug-likeness (QED) is 0.398. The van der Waals surface area contributed by atoms with E-state index in [1.165, 1.54) is 0 Å². The van der Waals surface area contributed by atoms with Gasteiger partial charge < -0.3 is 10.6 Å². The molecule has 1 fully saturated rings. The molecule has 1 aliphatic rings. The van der Waals surface area contributed by atoms with Crippen LogP contribution in [0.4, 0.5) is 10.5 Å². The van der Waals surface area contributed by atoms with E-state index in [1.54, 1.807) is 43.3 Å². The van der Waals surface area contributed by atoms with Crippen LogP contribution in [-0.4, -0.2) is 35.1 Å². The number of hydrogen-bond donors (Lipinski definition) is 2. The Morgan fingerprint density at radius 1 is 0.882 bits per heavy atom. The minimum absolute atomic E-state index is 0.130. The van der Waals surface area contributed by atoms with Crippen LogP contribution < -0.4 is 10.6 Å². The number of nitrogens with one attached hydrogen (secondary N) is 2. The first-order valence-corrected chi connectivity index (χ1v) is 11.1. The van der Waals surface area contributed by atoms with Gasteiger partial charge in [0.25, 0.3) is 5.91 Å². The van der Waals surface area contributed by atoms with E-state index < -0.39 is 17.5 Å². The summed E-state index contributed by atoms with van der Waals surface area (Å²) in [6.07, 6.45) is 0.609. The highest BCUT2D eigenvalue weighted by Gasteiger charge is 2.52. The summed E-state index contributed by atoms with van der Waals surface area (Å²) in [5, 5.41) is 5.58. The first kappa shape index (κ1) is 22.9. The number of carbonyl (C=O) groups is 4. The fourth-order valence-electron chi connectivity index (χ4n) is 4.04. The van der Waals surface area contributed by atoms with E-state index in [-0.39, 0.29) is 24.7 Å². The maximum absolute atomic E-state index is 13.7. The fourth-order valence-corrected chi connectivity index (χ4v) is 4.04. The van der Waals surface area contributed by atoms with Crippen LogP contribution >= 0.6 is 0 Å². The monoisotopic (exact) mass is 455 g/mol. The van der Waals surface area contributed by atoms with E-state index in [2.05, 4.69) is 10.6 Å². The number of Topliss-reactive ketones (excluding diaryl/α,β-unsaturated/α-hetero) is 1. The lowest BCUT2D eigenvalue weighted by molar-refractivity contribution is -0.131. The van der Waals surface area contributed by atoms with Gasteiger partial charge in [0.1, 0.15) is 0 Å². The molecule has 7 heteroatoms. The largest absolute Gasteiger partial charge is 0.326 e. The van der Waals surface area contributed by atoms with Crippen molar-refractivity contribution in [2.75, 3.05) is 11.9 Å². The topological polar surface area (TPSA) is 95.6 Å². The Morgan fingerprint density at radius 2 is 1.50 bits per heavy atom. The van der Waals surface area contributed by atoms with Crippen molar-refractivity contribution in [3.8, 4) is 0 Å². The molecule has 0 radical (unpaired) electrons. The summed E-state index contributed by atoms with van der Waals surface area (Å²) < 4.78 is 0. The summed E-state index contributed by atoms with van der Waals surface area (Å²) in [6.45, 7) is 1.37. The zero-order valence-electron chi connectivity index (χ0n) is 18.8. The van der Waals surface area contributed by atoms with Crippen molar-refractivity contribution in [1.82, 2.24) is 10.2 Å². The van der Waals surface area contributed by atoms with Gasteiger partial charge in [-0.3, -0.25) is 19.3 Å². The van der Waals surface area contributed by atoms with Crippen LogP contribution in [0.25, 0.3) is 0 Å². The van der Waals surface area contributed by atoms with E-state index in [1.807, 2.05) is 48.5 Å². The third kappa shape index (κ3) is 4.59. The maximum Gasteiger partial charge on any atom is 0.325 e. The zero-order valence-corrected chi connectivity index (χ0v) is 18.8. The van der Waals surface area contributed by atoms with Gasteiger partial charge in [0.2, 0.25) is 5.91 Å². The molecule has 2 N–H and O–H groups in total. The lowest BCUT2D eigenvalue weighted by Gasteiger charge is -2.27. The van der Waals surface area contributed by atoms with Crippen molar-refractivity contribution in [3.63, 3.8) is 0 Å². The van der Waals surface area contributed by atoms with Gasteiger partial charge >= 0.3 is 6.03 Å². The van der Waals surface area contributed by atoms with Crippen molar-refractivity contribution in [2.24, 2.45) is 0 Å². The summed E-state index contributed by atoms with van der Waals surface area (Å²) in [7, 11) is 0. The SMILES string of the molecule is CCC(=O)Nc1ccc(C(=O)CN2C(=O)N[C@@](Cc3ccccc3)(c3ccccc3)C2=O)cc1. The van der Waals surface area contributed by atoms with Crippen LogP contribution in [0.3, 0.4) is 0 Å². The summed E-state index contributed by atoms with van der Waals surface area (Å²) in [4.78, 5) is 52.0. The summed E-state index contributed by atoms with van der Waals surface area (Å²) >= 11 is 0. The Morgan fingerprint density at radius 3 is 2.12 bits per heavy atom. The Bertz CT molecular complexity index is 1210. The molecule has 0 aromatic heterocycles. The van der Waals surface area contributed by atoms with Gasteiger partial charge in [0, 0.05) is 24.1 Å². The second-order valence-electron chi connectivity index (χ2n) is 8.16. The number of amides is 4. The summed E-state index contributed by atoms with van der Waals surface area (Å²) in [5.74, 6) is -0.970. The molecule has 172 valence electrons. The van der Waals surface area contributed by atoms with Gasteiger partial charge in [-0.15, -0.1) is 0 Å². The highest BCUT2D eigenvalue weighted by molar-refractivity contribution is 6.11. The summed E-state index contributed by atoms with van der Waals surface area (Å²) in [6, 6.07) is 24.3. The lowest BCUT2D eigenvalue weighted by atomic mass is 9.83. The molecule has 0 bridgehead atoms. The number of hydrogen-bond acceptors (Lipinski definition) is 4. The zero-order chi connectivity index (χ0) is 24.1. The van der Waals surface area contributed by atoms with E-state index >= 15 is 0 Å². The minimum atomic E-state index is -1.30. The molecule has 3 aromatic rings. The Kier molecular flexibility index (Phi) is 6.54. The third-order valence-corrected chi connectivity index (χ3v) is 5.87. The van der Waals surface area contributed by atoms with Crippen molar-refractivity contribution in [1.29, 1.82) is 0 Å². The van der Waals surface area contributed by atoms with Crippen LogP contribution in [0.5, 0.6) is 0 Å². The van der Waals surface area contributed by atoms with Crippen LogP contribution in [0.15, 0.2) is 84.9 Å². The molecule has 0 saturated carbocycles. The molecule has 3 aromatic carbocycles. The normalized spacial score (nSPS) is 17.4. The molecule has 0 aliphatic carbocycles. The molecule has 4 amide bonds. The first-order chi connectivity index (χ1) is 16.4. The molecule has 7 nitrogen and oxygen atoms in total. The van der Waals surface area contributed by atoms with Gasteiger partial charge in [-0.1, -0.05) is 67.6 Å². The predicted molar refractivity (Wildman–Crippen MR) is 128 cm³/mol. The van der Waals surface area contributed by atoms with Gasteiger partial charge in [0.15, 0.2) is 11.3 Å². The fraction of sp³-hybridized carbons (Fsp3) is 0.185. The standard InChI is InChI=1S/C27H25N3O4/c1-2-24(32)28-22-15-13-20(14-16-22)23(31)18-30-25(33)27(29-26(30)34,21-11-7-4-8-12-21)17-19-9-5-3-6-10-19/h3-16H,2,17-18H2,1H3,(H,28,32)(H,29,34)/t27-/m0/s1. The highest BCUT2D eigenvalue weighted by Crippen LogP contribution is 2.33. The number of anilines is 1. The lowest BCUT2D eigenvalue weighted by Crippen LogP contribution is -2.46. The van der Waals surface area contributed by atoms with Crippen molar-refractivity contribution in [3.05, 3.63) is 102 Å². The predicted octanol–water partition coefficient (Wildman–Crippen LogP) is 3.91. The smallest absolute Gasteiger partial charge is 0.325 e. The van der Waals surface area contributed by atoms with E-state index in [4.69, 9.17) is 0 Å². The molecule has 34 heavy (non-hydrogen) atoms. The number of urea groups is 1. The van der Waals surface area contributed by atoms with Crippen molar-refractivity contribution in [2.45, 2.75) is 25.3 Å². The third-order valence-electron chi connectivity index (χ3n) is 5.87. The molecule has 1 aliphatic heterocycles. The Hall–Kier alpha value is -4.26. The van der Waals surface area contributed by atoms with Gasteiger partial charge in [0.05, 0.1) is 6.54 Å². The molecule has 1 saturated heterocycles. The summed E-state index contributed by atoms with van der Waals surface area (Å²) in [5.41, 5.74) is 1.16. The van der Waals surface area contributed by atoms with Crippen molar-refractivity contribution >= 4 is 29.3 Å². The van der Waals surface area contributed by atoms with Crippen LogP contribution in [0.1, 0.15) is 34.8 Å². The Labute approximate surface area is 197 Å². The number of imide groups is 1.